The lowest BCUT2D eigenvalue weighted by Crippen LogP contribution is -2.43. The zero-order chi connectivity index (χ0) is 14.0. The SMILES string of the molecule is OCc1cc(F)ccc1OC1CCOC2(CCSC2)C1. The highest BCUT2D eigenvalue weighted by Crippen LogP contribution is 2.39. The molecule has 2 heterocycles. The van der Waals surface area contributed by atoms with E-state index in [9.17, 15) is 9.50 Å². The number of aliphatic hydroxyl groups excluding tert-OH is 1. The Labute approximate surface area is 122 Å². The molecule has 5 heteroatoms. The summed E-state index contributed by atoms with van der Waals surface area (Å²) in [6, 6.07) is 4.30. The van der Waals surface area contributed by atoms with Crippen molar-refractivity contribution in [3.63, 3.8) is 0 Å². The Bertz CT molecular complexity index is 474. The van der Waals surface area contributed by atoms with E-state index in [2.05, 4.69) is 0 Å². The third-order valence-electron chi connectivity index (χ3n) is 4.00. The van der Waals surface area contributed by atoms with Crippen molar-refractivity contribution in [2.45, 2.75) is 37.6 Å². The van der Waals surface area contributed by atoms with Crippen LogP contribution in [0.25, 0.3) is 0 Å². The quantitative estimate of drug-likeness (QED) is 0.931. The molecule has 0 aliphatic carbocycles. The van der Waals surface area contributed by atoms with Crippen molar-refractivity contribution in [3.8, 4) is 5.75 Å². The van der Waals surface area contributed by atoms with Gasteiger partial charge in [-0.05, 0) is 30.4 Å². The molecule has 1 spiro atoms. The Hall–Kier alpha value is -0.780. The smallest absolute Gasteiger partial charge is 0.125 e. The van der Waals surface area contributed by atoms with Gasteiger partial charge in [-0.2, -0.15) is 11.8 Å². The lowest BCUT2D eigenvalue weighted by molar-refractivity contribution is -0.0961. The summed E-state index contributed by atoms with van der Waals surface area (Å²) < 4.78 is 25.1. The van der Waals surface area contributed by atoms with E-state index in [4.69, 9.17) is 9.47 Å². The van der Waals surface area contributed by atoms with Crippen molar-refractivity contribution in [3.05, 3.63) is 29.6 Å². The van der Waals surface area contributed by atoms with E-state index in [-0.39, 0.29) is 24.1 Å². The van der Waals surface area contributed by atoms with Crippen molar-refractivity contribution in [1.29, 1.82) is 0 Å². The molecule has 110 valence electrons. The number of halogens is 1. The van der Waals surface area contributed by atoms with E-state index in [1.807, 2.05) is 11.8 Å². The molecule has 1 aromatic rings. The molecule has 2 aliphatic heterocycles. The van der Waals surface area contributed by atoms with Gasteiger partial charge >= 0.3 is 0 Å². The molecule has 20 heavy (non-hydrogen) atoms. The van der Waals surface area contributed by atoms with Gasteiger partial charge in [-0.25, -0.2) is 4.39 Å². The molecule has 0 aromatic heterocycles. The fraction of sp³-hybridized carbons (Fsp3) is 0.600. The molecular formula is C15H19FO3S. The highest BCUT2D eigenvalue weighted by molar-refractivity contribution is 7.99. The van der Waals surface area contributed by atoms with E-state index in [1.54, 1.807) is 6.07 Å². The summed E-state index contributed by atoms with van der Waals surface area (Å²) in [5.74, 6) is 2.41. The van der Waals surface area contributed by atoms with Crippen molar-refractivity contribution in [2.75, 3.05) is 18.1 Å². The first-order chi connectivity index (χ1) is 9.71. The van der Waals surface area contributed by atoms with Gasteiger partial charge in [0.05, 0.1) is 18.8 Å². The minimum Gasteiger partial charge on any atom is -0.490 e. The van der Waals surface area contributed by atoms with E-state index in [0.29, 0.717) is 17.9 Å². The van der Waals surface area contributed by atoms with Crippen LogP contribution in [0.3, 0.4) is 0 Å². The zero-order valence-corrected chi connectivity index (χ0v) is 12.1. The van der Waals surface area contributed by atoms with Gasteiger partial charge in [-0.1, -0.05) is 0 Å². The number of thioether (sulfide) groups is 1. The summed E-state index contributed by atoms with van der Waals surface area (Å²) in [5.41, 5.74) is 0.471. The van der Waals surface area contributed by atoms with Crippen LogP contribution >= 0.6 is 11.8 Å². The van der Waals surface area contributed by atoms with Crippen LogP contribution in [0.5, 0.6) is 5.75 Å². The first-order valence-corrected chi connectivity index (χ1v) is 8.14. The highest BCUT2D eigenvalue weighted by atomic mass is 32.2. The maximum absolute atomic E-state index is 13.2. The zero-order valence-electron chi connectivity index (χ0n) is 11.3. The van der Waals surface area contributed by atoms with Gasteiger partial charge in [0.25, 0.3) is 0 Å². The average Bonchev–Trinajstić information content (AvgIpc) is 2.89. The number of benzene rings is 1. The molecule has 2 unspecified atom stereocenters. The van der Waals surface area contributed by atoms with Crippen LogP contribution in [0, 0.1) is 5.82 Å². The van der Waals surface area contributed by atoms with Crippen LogP contribution in [0.15, 0.2) is 18.2 Å². The standard InChI is InChI=1S/C15H19FO3S/c16-12-1-2-14(11(7-12)9-17)19-13-3-5-18-15(8-13)4-6-20-10-15/h1-2,7,13,17H,3-6,8-10H2. The Balaban J connectivity index is 1.71. The molecule has 0 amide bonds. The van der Waals surface area contributed by atoms with Gasteiger partial charge in [0.15, 0.2) is 0 Å². The predicted octanol–water partition coefficient (Wildman–Crippen LogP) is 2.75. The Morgan fingerprint density at radius 2 is 2.40 bits per heavy atom. The summed E-state index contributed by atoms with van der Waals surface area (Å²) in [6.45, 7) is 0.498. The third-order valence-corrected chi connectivity index (χ3v) is 5.22. The third kappa shape index (κ3) is 2.95. The second kappa shape index (κ2) is 5.92. The van der Waals surface area contributed by atoms with E-state index in [0.717, 1.165) is 30.8 Å². The second-order valence-corrected chi connectivity index (χ2v) is 6.58. The molecule has 2 aliphatic rings. The maximum Gasteiger partial charge on any atom is 0.125 e. The van der Waals surface area contributed by atoms with Gasteiger partial charge in [-0.3, -0.25) is 0 Å². The predicted molar refractivity (Wildman–Crippen MR) is 76.6 cm³/mol. The van der Waals surface area contributed by atoms with Crippen LogP contribution in [0.1, 0.15) is 24.8 Å². The summed E-state index contributed by atoms with van der Waals surface area (Å²) in [6.07, 6.45) is 2.88. The summed E-state index contributed by atoms with van der Waals surface area (Å²) in [4.78, 5) is 0. The summed E-state index contributed by atoms with van der Waals surface area (Å²) >= 11 is 1.93. The average molecular weight is 298 g/mol. The number of ether oxygens (including phenoxy) is 2. The number of hydrogen-bond donors (Lipinski definition) is 1. The lowest BCUT2D eigenvalue weighted by Gasteiger charge is -2.37. The fourth-order valence-corrected chi connectivity index (χ4v) is 4.29. The van der Waals surface area contributed by atoms with E-state index in [1.165, 1.54) is 12.1 Å². The number of aliphatic hydroxyl groups is 1. The van der Waals surface area contributed by atoms with Crippen LogP contribution in [-0.2, 0) is 11.3 Å². The summed E-state index contributed by atoms with van der Waals surface area (Å²) in [7, 11) is 0. The Kier molecular flexibility index (Phi) is 4.19. The van der Waals surface area contributed by atoms with Crippen LogP contribution in [0.4, 0.5) is 4.39 Å². The largest absolute Gasteiger partial charge is 0.490 e. The van der Waals surface area contributed by atoms with Crippen molar-refractivity contribution < 1.29 is 19.0 Å². The number of hydrogen-bond acceptors (Lipinski definition) is 4. The molecule has 1 aromatic carbocycles. The highest BCUT2D eigenvalue weighted by Gasteiger charge is 2.41. The van der Waals surface area contributed by atoms with Crippen molar-refractivity contribution >= 4 is 11.8 Å². The van der Waals surface area contributed by atoms with Crippen LogP contribution < -0.4 is 4.74 Å². The molecule has 0 bridgehead atoms. The Morgan fingerprint density at radius 1 is 1.50 bits per heavy atom. The monoisotopic (exact) mass is 298 g/mol. The molecule has 1 N–H and O–H groups in total. The molecule has 0 radical (unpaired) electrons. The molecule has 2 saturated heterocycles. The molecule has 2 fully saturated rings. The van der Waals surface area contributed by atoms with Gasteiger partial charge in [-0.15, -0.1) is 0 Å². The van der Waals surface area contributed by atoms with E-state index < -0.39 is 0 Å². The molecule has 0 saturated carbocycles. The lowest BCUT2D eigenvalue weighted by atomic mass is 9.91. The van der Waals surface area contributed by atoms with Crippen LogP contribution in [-0.4, -0.2) is 34.9 Å². The van der Waals surface area contributed by atoms with Crippen molar-refractivity contribution in [1.82, 2.24) is 0 Å². The molecule has 3 nitrogen and oxygen atoms in total. The first kappa shape index (κ1) is 14.2. The van der Waals surface area contributed by atoms with Gasteiger partial charge in [0.2, 0.25) is 0 Å². The minimum atomic E-state index is -0.350. The second-order valence-electron chi connectivity index (χ2n) is 5.48. The van der Waals surface area contributed by atoms with Gasteiger partial charge in [0.1, 0.15) is 17.7 Å². The topological polar surface area (TPSA) is 38.7 Å². The van der Waals surface area contributed by atoms with Crippen molar-refractivity contribution in [2.24, 2.45) is 0 Å². The van der Waals surface area contributed by atoms with Crippen LogP contribution in [0.2, 0.25) is 0 Å². The summed E-state index contributed by atoms with van der Waals surface area (Å²) in [5, 5.41) is 9.30. The molecular weight excluding hydrogens is 279 g/mol. The first-order valence-electron chi connectivity index (χ1n) is 6.98. The van der Waals surface area contributed by atoms with Gasteiger partial charge < -0.3 is 14.6 Å². The van der Waals surface area contributed by atoms with E-state index >= 15 is 0 Å². The normalized spacial score (nSPS) is 29.8. The molecule has 3 rings (SSSR count). The minimum absolute atomic E-state index is 0.0347. The maximum atomic E-state index is 13.2. The number of rotatable bonds is 3. The fourth-order valence-electron chi connectivity index (χ4n) is 2.91. The van der Waals surface area contributed by atoms with Gasteiger partial charge in [0, 0.05) is 24.2 Å². The Morgan fingerprint density at radius 3 is 3.15 bits per heavy atom. The molecule has 2 atom stereocenters.